The maximum absolute atomic E-state index is 12.5. The van der Waals surface area contributed by atoms with E-state index in [1.807, 2.05) is 6.08 Å². The summed E-state index contributed by atoms with van der Waals surface area (Å²) in [6.45, 7) is 4.93. The molecule has 496 valence electrons. The lowest BCUT2D eigenvalue weighted by atomic mass is 10.0. The molecule has 6 heteroatoms. The molecule has 0 rings (SSSR count). The number of allylic oxidation sites excluding steroid dienone is 5. The average molecular weight is 1180 g/mol. The smallest absolute Gasteiger partial charge is 0.305 e. The molecule has 0 saturated carbocycles. The predicted molar refractivity (Wildman–Crippen MR) is 370 cm³/mol. The van der Waals surface area contributed by atoms with Gasteiger partial charge in [-0.05, 0) is 83.5 Å². The van der Waals surface area contributed by atoms with Gasteiger partial charge in [-0.3, -0.25) is 9.59 Å². The number of unbranched alkanes of at least 4 members (excludes halogenated alkanes) is 57. The Kier molecular flexibility index (Phi) is 71.9. The summed E-state index contributed by atoms with van der Waals surface area (Å²) in [5, 5.41) is 23.3. The third-order valence-corrected chi connectivity index (χ3v) is 17.9. The van der Waals surface area contributed by atoms with E-state index in [9.17, 15) is 19.8 Å². The number of rotatable bonds is 72. The van der Waals surface area contributed by atoms with Crippen molar-refractivity contribution >= 4 is 11.9 Å². The van der Waals surface area contributed by atoms with Gasteiger partial charge in [0.25, 0.3) is 0 Å². The van der Waals surface area contributed by atoms with Crippen molar-refractivity contribution in [2.45, 2.75) is 437 Å². The molecule has 6 nitrogen and oxygen atoms in total. The van der Waals surface area contributed by atoms with E-state index < -0.39 is 12.1 Å². The number of esters is 1. The van der Waals surface area contributed by atoms with E-state index in [-0.39, 0.29) is 18.5 Å². The van der Waals surface area contributed by atoms with Crippen molar-refractivity contribution in [1.82, 2.24) is 5.32 Å². The number of nitrogens with one attached hydrogen (secondary N) is 1. The molecule has 0 saturated heterocycles. The van der Waals surface area contributed by atoms with Crippen molar-refractivity contribution in [3.8, 4) is 0 Å². The fourth-order valence-electron chi connectivity index (χ4n) is 12.0. The summed E-state index contributed by atoms with van der Waals surface area (Å²) < 4.78 is 5.48. The van der Waals surface area contributed by atoms with Gasteiger partial charge >= 0.3 is 5.97 Å². The largest absolute Gasteiger partial charge is 0.466 e. The van der Waals surface area contributed by atoms with Crippen LogP contribution in [0.25, 0.3) is 0 Å². The molecular weight excluding hydrogens is 1030 g/mol. The SMILES string of the molecule is CCCCCC/C=C\CCCCCCCC(=O)OCCCCCCCCCCCCCC/C=C\CCCCCCCCCCCCCCCCCC(=O)NC(CO)C(O)/C=C/CCCCCCCCCCCCCCCCCCCCCCC. The van der Waals surface area contributed by atoms with Crippen LogP contribution in [-0.2, 0) is 14.3 Å². The Morgan fingerprint density at radius 3 is 0.857 bits per heavy atom. The Labute approximate surface area is 525 Å². The Bertz CT molecular complexity index is 1360. The van der Waals surface area contributed by atoms with E-state index in [2.05, 4.69) is 43.5 Å². The van der Waals surface area contributed by atoms with E-state index in [0.717, 1.165) is 44.9 Å². The lowest BCUT2D eigenvalue weighted by Crippen LogP contribution is -2.45. The summed E-state index contributed by atoms with van der Waals surface area (Å²) >= 11 is 0. The number of amides is 1. The second kappa shape index (κ2) is 73.5. The number of aliphatic hydroxyl groups is 2. The van der Waals surface area contributed by atoms with Gasteiger partial charge < -0.3 is 20.3 Å². The number of ether oxygens (including phenoxy) is 1. The van der Waals surface area contributed by atoms with Crippen molar-refractivity contribution < 1.29 is 24.5 Å². The van der Waals surface area contributed by atoms with Crippen LogP contribution >= 0.6 is 0 Å². The number of carbonyl (C=O) groups excluding carboxylic acids is 2. The number of carbonyl (C=O) groups is 2. The van der Waals surface area contributed by atoms with Crippen LogP contribution < -0.4 is 5.32 Å². The summed E-state index contributed by atoms with van der Waals surface area (Å²) in [5.41, 5.74) is 0. The van der Waals surface area contributed by atoms with Gasteiger partial charge in [0.05, 0.1) is 25.4 Å². The molecule has 0 fully saturated rings. The molecule has 0 aromatic heterocycles. The van der Waals surface area contributed by atoms with E-state index in [1.54, 1.807) is 6.08 Å². The van der Waals surface area contributed by atoms with Crippen LogP contribution in [0.3, 0.4) is 0 Å². The minimum atomic E-state index is -0.845. The summed E-state index contributed by atoms with van der Waals surface area (Å²) in [4.78, 5) is 24.6. The van der Waals surface area contributed by atoms with Crippen LogP contribution in [0.15, 0.2) is 36.5 Å². The molecule has 3 N–H and O–H groups in total. The molecule has 2 unspecified atom stereocenters. The van der Waals surface area contributed by atoms with Gasteiger partial charge in [0.1, 0.15) is 0 Å². The molecule has 0 aromatic carbocycles. The van der Waals surface area contributed by atoms with Crippen LogP contribution in [0.2, 0.25) is 0 Å². The standard InChI is InChI=1S/C78H149NO5/c1-3-5-7-9-11-13-15-17-18-19-20-21-31-34-37-40-43-47-50-54-58-62-66-70-76(81)75(74-80)79-77(82)71-67-63-59-55-51-48-44-41-38-35-32-29-27-25-23-22-24-26-28-30-33-36-39-42-45-49-53-57-61-65-69-73-84-78(83)72-68-64-60-56-52-46-16-14-12-10-8-6-4-2/h14,16,24,26,66,70,75-76,80-81H,3-13,15,17-23,25,27-65,67-69,71-74H2,1-2H3,(H,79,82)/b16-14-,26-24-,70-66+. The zero-order valence-corrected chi connectivity index (χ0v) is 56.9. The van der Waals surface area contributed by atoms with Crippen molar-refractivity contribution in [3.05, 3.63) is 36.5 Å². The highest BCUT2D eigenvalue weighted by Crippen LogP contribution is 2.19. The van der Waals surface area contributed by atoms with Crippen molar-refractivity contribution in [3.63, 3.8) is 0 Å². The normalized spacial score (nSPS) is 12.7. The van der Waals surface area contributed by atoms with Crippen molar-refractivity contribution in [2.24, 2.45) is 0 Å². The average Bonchev–Trinajstić information content (AvgIpc) is 3.51. The lowest BCUT2D eigenvalue weighted by molar-refractivity contribution is -0.143. The maximum atomic E-state index is 12.5. The van der Waals surface area contributed by atoms with Gasteiger partial charge in [-0.1, -0.05) is 365 Å². The zero-order valence-electron chi connectivity index (χ0n) is 56.9. The molecule has 0 bridgehead atoms. The summed E-state index contributed by atoms with van der Waals surface area (Å²) in [6, 6.07) is -0.628. The Morgan fingerprint density at radius 2 is 0.560 bits per heavy atom. The fourth-order valence-corrected chi connectivity index (χ4v) is 12.0. The van der Waals surface area contributed by atoms with Gasteiger partial charge in [0.2, 0.25) is 5.91 Å². The summed E-state index contributed by atoms with van der Waals surface area (Å²) in [5.74, 6) is -0.0527. The molecule has 0 heterocycles. The minimum absolute atomic E-state index is 0.00866. The Balaban J connectivity index is 3.39. The molecule has 0 radical (unpaired) electrons. The van der Waals surface area contributed by atoms with Crippen molar-refractivity contribution in [2.75, 3.05) is 13.2 Å². The zero-order chi connectivity index (χ0) is 60.6. The van der Waals surface area contributed by atoms with Gasteiger partial charge in [-0.2, -0.15) is 0 Å². The van der Waals surface area contributed by atoms with Crippen LogP contribution in [0.1, 0.15) is 425 Å². The molecule has 84 heavy (non-hydrogen) atoms. The second-order valence-electron chi connectivity index (χ2n) is 26.3. The van der Waals surface area contributed by atoms with Gasteiger partial charge in [0, 0.05) is 12.8 Å². The van der Waals surface area contributed by atoms with Gasteiger partial charge in [-0.15, -0.1) is 0 Å². The number of aliphatic hydroxyl groups excluding tert-OH is 2. The molecule has 0 aliphatic rings. The van der Waals surface area contributed by atoms with E-state index >= 15 is 0 Å². The van der Waals surface area contributed by atoms with E-state index in [4.69, 9.17) is 4.74 Å². The molecule has 0 aliphatic carbocycles. The first kappa shape index (κ1) is 82.1. The third-order valence-electron chi connectivity index (χ3n) is 17.9. The Morgan fingerprint density at radius 1 is 0.321 bits per heavy atom. The van der Waals surface area contributed by atoms with Gasteiger partial charge in [-0.25, -0.2) is 0 Å². The molecule has 0 aliphatic heterocycles. The van der Waals surface area contributed by atoms with E-state index in [1.165, 1.54) is 353 Å². The van der Waals surface area contributed by atoms with Crippen LogP contribution in [0.4, 0.5) is 0 Å². The number of hydrogen-bond acceptors (Lipinski definition) is 5. The molecular formula is C78H149NO5. The first-order valence-electron chi connectivity index (χ1n) is 38.3. The highest BCUT2D eigenvalue weighted by Gasteiger charge is 2.18. The third kappa shape index (κ3) is 69.2. The predicted octanol–water partition coefficient (Wildman–Crippen LogP) is 25.0. The Hall–Kier alpha value is -1.92. The minimum Gasteiger partial charge on any atom is -0.466 e. The maximum Gasteiger partial charge on any atom is 0.305 e. The number of hydrogen-bond donors (Lipinski definition) is 3. The summed E-state index contributed by atoms with van der Waals surface area (Å²) in [6.07, 6.45) is 95.4. The molecule has 0 aromatic rings. The second-order valence-corrected chi connectivity index (χ2v) is 26.3. The molecule has 0 spiro atoms. The van der Waals surface area contributed by atoms with Crippen LogP contribution in [0, 0.1) is 0 Å². The van der Waals surface area contributed by atoms with Gasteiger partial charge in [0.15, 0.2) is 0 Å². The first-order chi connectivity index (χ1) is 41.5. The lowest BCUT2D eigenvalue weighted by Gasteiger charge is -2.20. The topological polar surface area (TPSA) is 95.9 Å². The van der Waals surface area contributed by atoms with Crippen LogP contribution in [-0.4, -0.2) is 47.4 Å². The van der Waals surface area contributed by atoms with Crippen LogP contribution in [0.5, 0.6) is 0 Å². The summed E-state index contributed by atoms with van der Waals surface area (Å²) in [7, 11) is 0. The molecule has 2 atom stereocenters. The highest BCUT2D eigenvalue weighted by molar-refractivity contribution is 5.76. The fraction of sp³-hybridized carbons (Fsp3) is 0.897. The molecule has 1 amide bonds. The first-order valence-corrected chi connectivity index (χ1v) is 38.3. The highest BCUT2D eigenvalue weighted by atomic mass is 16.5. The monoisotopic (exact) mass is 1180 g/mol. The van der Waals surface area contributed by atoms with E-state index in [0.29, 0.717) is 19.4 Å². The van der Waals surface area contributed by atoms with Crippen molar-refractivity contribution in [1.29, 1.82) is 0 Å². The quantitative estimate of drug-likeness (QED) is 0.0320.